The fraction of sp³-hybridized carbons (Fsp3) is 0.556. The topological polar surface area (TPSA) is 48.9 Å². The minimum absolute atomic E-state index is 0.0803. The Labute approximate surface area is 90.2 Å². The first-order chi connectivity index (χ1) is 7.08. The number of hydrogen-bond acceptors (Lipinski definition) is 3. The summed E-state index contributed by atoms with van der Waals surface area (Å²) in [6.45, 7) is 0. The van der Waals surface area contributed by atoms with Crippen LogP contribution in [0.4, 0.5) is 8.78 Å². The van der Waals surface area contributed by atoms with Crippen LogP contribution in [-0.2, 0) is 6.42 Å². The molecule has 0 spiro atoms. The number of hydrogen-bond donors (Lipinski definition) is 2. The van der Waals surface area contributed by atoms with Crippen molar-refractivity contribution in [2.45, 2.75) is 25.4 Å². The monoisotopic (exact) mass is 232 g/mol. The van der Waals surface area contributed by atoms with E-state index in [1.54, 1.807) is 0 Å². The summed E-state index contributed by atoms with van der Waals surface area (Å²) >= 11 is 4.80. The molecular formula is C9H10F2N2OS. The van der Waals surface area contributed by atoms with E-state index in [9.17, 15) is 13.9 Å². The van der Waals surface area contributed by atoms with Crippen molar-refractivity contribution in [3.05, 3.63) is 22.2 Å². The number of H-pyrrole nitrogens is 1. The first-order valence-corrected chi connectivity index (χ1v) is 5.03. The molecule has 0 radical (unpaired) electrons. The number of aromatic amines is 1. The summed E-state index contributed by atoms with van der Waals surface area (Å²) < 4.78 is 25.3. The number of aromatic nitrogens is 2. The van der Waals surface area contributed by atoms with Gasteiger partial charge in [0.15, 0.2) is 4.77 Å². The maximum Gasteiger partial charge on any atom is 0.241 e. The summed E-state index contributed by atoms with van der Waals surface area (Å²) in [5.74, 6) is -0.805. The molecule has 82 valence electrons. The Morgan fingerprint density at radius 1 is 1.60 bits per heavy atom. The van der Waals surface area contributed by atoms with Gasteiger partial charge in [0.05, 0.1) is 6.10 Å². The first kappa shape index (κ1) is 10.6. The average molecular weight is 232 g/mol. The van der Waals surface area contributed by atoms with E-state index >= 15 is 0 Å². The van der Waals surface area contributed by atoms with Crippen molar-refractivity contribution in [2.75, 3.05) is 0 Å². The summed E-state index contributed by atoms with van der Waals surface area (Å²) in [5, 5.41) is 9.64. The lowest BCUT2D eigenvalue weighted by molar-refractivity contribution is 0.0290. The third-order valence-corrected chi connectivity index (χ3v) is 2.84. The van der Waals surface area contributed by atoms with Crippen LogP contribution in [-0.4, -0.2) is 21.5 Å². The highest BCUT2D eigenvalue weighted by Crippen LogP contribution is 2.34. The van der Waals surface area contributed by atoms with E-state index in [2.05, 4.69) is 9.97 Å². The number of nitrogens with one attached hydrogen (secondary N) is 1. The lowest BCUT2D eigenvalue weighted by Crippen LogP contribution is -2.25. The summed E-state index contributed by atoms with van der Waals surface area (Å²) in [7, 11) is 0. The SMILES string of the molecule is O[C@H]1C[C@@H](C(F)F)Cc2[nH]c(=S)ncc21. The third kappa shape index (κ3) is 2.05. The Morgan fingerprint density at radius 2 is 2.33 bits per heavy atom. The molecule has 6 heteroatoms. The second-order valence-electron chi connectivity index (χ2n) is 3.67. The van der Waals surface area contributed by atoms with Gasteiger partial charge >= 0.3 is 0 Å². The molecule has 0 bridgehead atoms. The number of aliphatic hydroxyl groups is 1. The molecule has 2 N–H and O–H groups in total. The minimum Gasteiger partial charge on any atom is -0.388 e. The van der Waals surface area contributed by atoms with Crippen LogP contribution >= 0.6 is 12.2 Å². The molecule has 1 heterocycles. The van der Waals surface area contributed by atoms with E-state index in [0.717, 1.165) is 0 Å². The average Bonchev–Trinajstić information content (AvgIpc) is 2.16. The molecule has 0 unspecified atom stereocenters. The zero-order valence-corrected chi connectivity index (χ0v) is 8.60. The predicted octanol–water partition coefficient (Wildman–Crippen LogP) is 2.00. The van der Waals surface area contributed by atoms with Gasteiger partial charge in [0.2, 0.25) is 6.43 Å². The van der Waals surface area contributed by atoms with Gasteiger partial charge in [-0.05, 0) is 25.1 Å². The van der Waals surface area contributed by atoms with Crippen LogP contribution in [0.25, 0.3) is 0 Å². The molecule has 15 heavy (non-hydrogen) atoms. The quantitative estimate of drug-likeness (QED) is 0.728. The molecule has 2 rings (SSSR count). The predicted molar refractivity (Wildman–Crippen MR) is 52.2 cm³/mol. The van der Waals surface area contributed by atoms with E-state index in [-0.39, 0.29) is 17.6 Å². The van der Waals surface area contributed by atoms with Gasteiger partial charge in [-0.25, -0.2) is 13.8 Å². The molecule has 1 aliphatic rings. The van der Waals surface area contributed by atoms with Crippen LogP contribution in [0.2, 0.25) is 0 Å². The van der Waals surface area contributed by atoms with Gasteiger partial charge in [-0.15, -0.1) is 0 Å². The Kier molecular flexibility index (Phi) is 2.79. The number of aliphatic hydroxyl groups excluding tert-OH is 1. The van der Waals surface area contributed by atoms with Crippen LogP contribution in [0.5, 0.6) is 0 Å². The van der Waals surface area contributed by atoms with Crippen molar-refractivity contribution in [2.24, 2.45) is 5.92 Å². The summed E-state index contributed by atoms with van der Waals surface area (Å²) in [6.07, 6.45) is -1.52. The number of alkyl halides is 2. The van der Waals surface area contributed by atoms with Gasteiger partial charge in [-0.2, -0.15) is 0 Å². The molecule has 0 saturated heterocycles. The highest BCUT2D eigenvalue weighted by Gasteiger charge is 2.31. The highest BCUT2D eigenvalue weighted by molar-refractivity contribution is 7.71. The van der Waals surface area contributed by atoms with E-state index in [1.165, 1.54) is 6.20 Å². The molecule has 0 fully saturated rings. The molecule has 0 aromatic carbocycles. The number of nitrogens with zero attached hydrogens (tertiary/aromatic N) is 1. The lowest BCUT2D eigenvalue weighted by Gasteiger charge is -2.27. The standard InChI is InChI=1S/C9H10F2N2OS/c10-8(11)4-1-6-5(7(14)2-4)3-12-9(15)13-6/h3-4,7-8,14H,1-2H2,(H,12,13,15)/t4-,7-/m0/s1. The van der Waals surface area contributed by atoms with Crippen LogP contribution in [0, 0.1) is 10.7 Å². The van der Waals surface area contributed by atoms with Crippen LogP contribution in [0.15, 0.2) is 6.20 Å². The Balaban J connectivity index is 2.37. The molecule has 0 saturated carbocycles. The van der Waals surface area contributed by atoms with Crippen LogP contribution in [0.3, 0.4) is 0 Å². The van der Waals surface area contributed by atoms with Gasteiger partial charge in [0.25, 0.3) is 0 Å². The lowest BCUT2D eigenvalue weighted by atomic mass is 9.86. The fourth-order valence-corrected chi connectivity index (χ4v) is 2.02. The molecule has 1 aliphatic carbocycles. The van der Waals surface area contributed by atoms with E-state index in [4.69, 9.17) is 12.2 Å². The van der Waals surface area contributed by atoms with Gasteiger partial charge in [-0.3, -0.25) is 0 Å². The van der Waals surface area contributed by atoms with Crippen molar-refractivity contribution in [1.82, 2.24) is 9.97 Å². The zero-order valence-electron chi connectivity index (χ0n) is 7.78. The number of rotatable bonds is 1. The summed E-state index contributed by atoms with van der Waals surface area (Å²) in [4.78, 5) is 6.58. The van der Waals surface area contributed by atoms with Crippen molar-refractivity contribution >= 4 is 12.2 Å². The normalized spacial score (nSPS) is 25.3. The second-order valence-corrected chi connectivity index (χ2v) is 4.06. The van der Waals surface area contributed by atoms with Crippen molar-refractivity contribution in [1.29, 1.82) is 0 Å². The van der Waals surface area contributed by atoms with Crippen LogP contribution < -0.4 is 0 Å². The maximum absolute atomic E-state index is 12.5. The van der Waals surface area contributed by atoms with E-state index in [0.29, 0.717) is 11.3 Å². The Hall–Kier alpha value is -0.880. The minimum atomic E-state index is -2.41. The van der Waals surface area contributed by atoms with Crippen molar-refractivity contribution in [3.8, 4) is 0 Å². The highest BCUT2D eigenvalue weighted by atomic mass is 32.1. The maximum atomic E-state index is 12.5. The molecule has 0 amide bonds. The smallest absolute Gasteiger partial charge is 0.241 e. The number of halogens is 2. The molecular weight excluding hydrogens is 222 g/mol. The van der Waals surface area contributed by atoms with E-state index < -0.39 is 18.4 Å². The molecule has 3 nitrogen and oxygen atoms in total. The van der Waals surface area contributed by atoms with E-state index in [1.807, 2.05) is 0 Å². The van der Waals surface area contributed by atoms with Gasteiger partial charge < -0.3 is 10.1 Å². The fourth-order valence-electron chi connectivity index (χ4n) is 1.85. The Morgan fingerprint density at radius 3 is 3.00 bits per heavy atom. The number of fused-ring (bicyclic) bond motifs is 1. The molecule has 1 aromatic heterocycles. The largest absolute Gasteiger partial charge is 0.388 e. The molecule has 0 aliphatic heterocycles. The zero-order chi connectivity index (χ0) is 11.0. The molecule has 1 aromatic rings. The second kappa shape index (κ2) is 3.94. The first-order valence-electron chi connectivity index (χ1n) is 4.62. The van der Waals surface area contributed by atoms with Crippen molar-refractivity contribution < 1.29 is 13.9 Å². The van der Waals surface area contributed by atoms with Gasteiger partial charge in [0.1, 0.15) is 0 Å². The third-order valence-electron chi connectivity index (χ3n) is 2.63. The van der Waals surface area contributed by atoms with Crippen LogP contribution in [0.1, 0.15) is 23.8 Å². The molecule has 2 atom stereocenters. The van der Waals surface area contributed by atoms with Gasteiger partial charge in [0, 0.05) is 23.4 Å². The summed E-state index contributed by atoms with van der Waals surface area (Å²) in [5.41, 5.74) is 1.17. The van der Waals surface area contributed by atoms with Crippen molar-refractivity contribution in [3.63, 3.8) is 0 Å². The summed E-state index contributed by atoms with van der Waals surface area (Å²) in [6, 6.07) is 0. The Bertz CT molecular complexity index is 421. The van der Waals surface area contributed by atoms with Gasteiger partial charge in [-0.1, -0.05) is 0 Å².